The van der Waals surface area contributed by atoms with E-state index < -0.39 is 0 Å². The number of amides is 1. The van der Waals surface area contributed by atoms with Gasteiger partial charge in [-0.2, -0.15) is 0 Å². The maximum Gasteiger partial charge on any atom is 0.333 e. The van der Waals surface area contributed by atoms with Crippen molar-refractivity contribution in [1.82, 2.24) is 10.6 Å². The van der Waals surface area contributed by atoms with Gasteiger partial charge >= 0.3 is 5.97 Å². The van der Waals surface area contributed by atoms with Gasteiger partial charge in [-0.25, -0.2) is 4.79 Å². The summed E-state index contributed by atoms with van der Waals surface area (Å²) in [6.07, 6.45) is 2.88. The summed E-state index contributed by atoms with van der Waals surface area (Å²) in [6, 6.07) is 0. The number of nitrogens with one attached hydrogen (secondary N) is 2. The lowest BCUT2D eigenvalue weighted by Gasteiger charge is -2.04. The van der Waals surface area contributed by atoms with Crippen LogP contribution in [-0.4, -0.2) is 38.6 Å². The number of carbonyl (C=O) groups is 2. The highest BCUT2D eigenvalue weighted by molar-refractivity contribution is 5.88. The van der Waals surface area contributed by atoms with Gasteiger partial charge < -0.3 is 15.4 Å². The minimum atomic E-state index is -0.293. The van der Waals surface area contributed by atoms with E-state index in [1.807, 2.05) is 13.8 Å². The highest BCUT2D eigenvalue weighted by Gasteiger charge is 2.05. The van der Waals surface area contributed by atoms with Gasteiger partial charge in [-0.05, 0) is 13.3 Å². The van der Waals surface area contributed by atoms with Crippen LogP contribution in [0.4, 0.5) is 0 Å². The average Bonchev–Trinajstić information content (AvgIpc) is 2.33. The van der Waals surface area contributed by atoms with Crippen LogP contribution in [0.15, 0.2) is 11.6 Å². The smallest absolute Gasteiger partial charge is 0.333 e. The Hall–Kier alpha value is -1.36. The van der Waals surface area contributed by atoms with E-state index in [2.05, 4.69) is 15.4 Å². The third kappa shape index (κ3) is 7.52. The van der Waals surface area contributed by atoms with Crippen molar-refractivity contribution in [2.75, 3.05) is 26.7 Å². The second-order valence-electron chi connectivity index (χ2n) is 3.48. The first-order valence-electron chi connectivity index (χ1n) is 5.90. The van der Waals surface area contributed by atoms with Crippen molar-refractivity contribution < 1.29 is 14.3 Å². The van der Waals surface area contributed by atoms with Gasteiger partial charge in [0, 0.05) is 31.6 Å². The van der Waals surface area contributed by atoms with Crippen LogP contribution in [0.1, 0.15) is 26.7 Å². The van der Waals surface area contributed by atoms with Crippen molar-refractivity contribution in [1.29, 1.82) is 0 Å². The molecule has 0 unspecified atom stereocenters. The molecule has 0 atom stereocenters. The van der Waals surface area contributed by atoms with E-state index in [0.29, 0.717) is 38.0 Å². The van der Waals surface area contributed by atoms with E-state index in [0.717, 1.165) is 0 Å². The van der Waals surface area contributed by atoms with Crippen LogP contribution in [-0.2, 0) is 14.3 Å². The zero-order chi connectivity index (χ0) is 13.1. The first-order valence-corrected chi connectivity index (χ1v) is 5.90. The molecule has 0 bridgehead atoms. The van der Waals surface area contributed by atoms with Gasteiger partial charge in [0.1, 0.15) is 0 Å². The predicted molar refractivity (Wildman–Crippen MR) is 66.6 cm³/mol. The Kier molecular flexibility index (Phi) is 9.05. The maximum absolute atomic E-state index is 11.2. The number of ether oxygens (including phenoxy) is 1. The zero-order valence-electron chi connectivity index (χ0n) is 10.8. The van der Waals surface area contributed by atoms with E-state index in [1.54, 1.807) is 6.08 Å². The topological polar surface area (TPSA) is 67.4 Å². The molecule has 0 aliphatic rings. The Labute approximate surface area is 103 Å². The molecule has 98 valence electrons. The maximum atomic E-state index is 11.2. The van der Waals surface area contributed by atoms with Gasteiger partial charge in [-0.15, -0.1) is 0 Å². The van der Waals surface area contributed by atoms with Crippen molar-refractivity contribution >= 4 is 11.9 Å². The number of rotatable bonds is 8. The summed E-state index contributed by atoms with van der Waals surface area (Å²) >= 11 is 0. The van der Waals surface area contributed by atoms with Crippen molar-refractivity contribution in [3.8, 4) is 0 Å². The summed E-state index contributed by atoms with van der Waals surface area (Å²) < 4.78 is 4.63. The molecule has 0 aromatic rings. The highest BCUT2D eigenvalue weighted by Crippen LogP contribution is 2.01. The largest absolute Gasteiger partial charge is 0.466 e. The summed E-state index contributed by atoms with van der Waals surface area (Å²) in [7, 11) is 1.37. The summed E-state index contributed by atoms with van der Waals surface area (Å²) in [5, 5.41) is 5.79. The average molecular weight is 242 g/mol. The molecule has 5 nitrogen and oxygen atoms in total. The van der Waals surface area contributed by atoms with Gasteiger partial charge in [-0.1, -0.05) is 13.0 Å². The number of carbonyl (C=O) groups excluding carboxylic acids is 2. The van der Waals surface area contributed by atoms with E-state index in [4.69, 9.17) is 0 Å². The molecule has 0 spiro atoms. The molecule has 2 N–H and O–H groups in total. The number of methoxy groups -OCH3 is 1. The second kappa shape index (κ2) is 9.84. The van der Waals surface area contributed by atoms with Gasteiger partial charge in [0.05, 0.1) is 7.11 Å². The van der Waals surface area contributed by atoms with Crippen LogP contribution < -0.4 is 10.6 Å². The van der Waals surface area contributed by atoms with E-state index in [1.165, 1.54) is 7.11 Å². The van der Waals surface area contributed by atoms with Gasteiger partial charge in [0.15, 0.2) is 0 Å². The second-order valence-corrected chi connectivity index (χ2v) is 3.48. The SMILES string of the molecule is CCNC(=O)CCNC/C=C(/CC)C(=O)OC. The Morgan fingerprint density at radius 1 is 1.29 bits per heavy atom. The summed E-state index contributed by atoms with van der Waals surface area (Å²) in [5.41, 5.74) is 0.651. The third-order valence-electron chi connectivity index (χ3n) is 2.22. The molecule has 0 fully saturated rings. The molecular weight excluding hydrogens is 220 g/mol. The zero-order valence-corrected chi connectivity index (χ0v) is 10.8. The standard InChI is InChI=1S/C12H22N2O3/c1-4-10(12(16)17-3)6-8-13-9-7-11(15)14-5-2/h6,13H,4-5,7-9H2,1-3H3,(H,14,15)/b10-6-. The fourth-order valence-electron chi connectivity index (χ4n) is 1.29. The van der Waals surface area contributed by atoms with E-state index in [9.17, 15) is 9.59 Å². The quantitative estimate of drug-likeness (QED) is 0.372. The first kappa shape index (κ1) is 15.6. The molecule has 0 radical (unpaired) electrons. The van der Waals surface area contributed by atoms with Crippen molar-refractivity contribution in [3.63, 3.8) is 0 Å². The number of hydrogen-bond donors (Lipinski definition) is 2. The van der Waals surface area contributed by atoms with Crippen LogP contribution in [0.2, 0.25) is 0 Å². The summed E-state index contributed by atoms with van der Waals surface area (Å²) in [6.45, 7) is 5.61. The predicted octanol–water partition coefficient (Wildman–Crippen LogP) is 0.612. The molecule has 0 saturated carbocycles. The Morgan fingerprint density at radius 2 is 2.00 bits per heavy atom. The fraction of sp³-hybridized carbons (Fsp3) is 0.667. The number of esters is 1. The van der Waals surface area contributed by atoms with Crippen molar-refractivity contribution in [2.24, 2.45) is 0 Å². The number of hydrogen-bond acceptors (Lipinski definition) is 4. The van der Waals surface area contributed by atoms with E-state index >= 15 is 0 Å². The van der Waals surface area contributed by atoms with E-state index in [-0.39, 0.29) is 11.9 Å². The molecule has 0 aliphatic heterocycles. The van der Waals surface area contributed by atoms with Crippen LogP contribution in [0.5, 0.6) is 0 Å². The van der Waals surface area contributed by atoms with Crippen molar-refractivity contribution in [3.05, 3.63) is 11.6 Å². The van der Waals surface area contributed by atoms with Crippen LogP contribution in [0.3, 0.4) is 0 Å². The van der Waals surface area contributed by atoms with Gasteiger partial charge in [0.25, 0.3) is 0 Å². The summed E-state index contributed by atoms with van der Waals surface area (Å²) in [4.78, 5) is 22.3. The lowest BCUT2D eigenvalue weighted by molar-refractivity contribution is -0.136. The molecule has 0 rings (SSSR count). The third-order valence-corrected chi connectivity index (χ3v) is 2.22. The first-order chi connectivity index (χ1) is 8.15. The Balaban J connectivity index is 3.77. The molecule has 17 heavy (non-hydrogen) atoms. The molecule has 1 amide bonds. The van der Waals surface area contributed by atoms with Crippen LogP contribution in [0, 0.1) is 0 Å². The minimum Gasteiger partial charge on any atom is -0.466 e. The van der Waals surface area contributed by atoms with Crippen LogP contribution in [0.25, 0.3) is 0 Å². The summed E-state index contributed by atoms with van der Waals surface area (Å²) in [5.74, 6) is -0.259. The molecule has 5 heteroatoms. The fourth-order valence-corrected chi connectivity index (χ4v) is 1.29. The normalized spacial score (nSPS) is 11.1. The molecule has 0 heterocycles. The van der Waals surface area contributed by atoms with Gasteiger partial charge in [0.2, 0.25) is 5.91 Å². The molecule has 0 aliphatic carbocycles. The lowest BCUT2D eigenvalue weighted by atomic mass is 10.2. The van der Waals surface area contributed by atoms with Gasteiger partial charge in [-0.3, -0.25) is 4.79 Å². The molecule has 0 saturated heterocycles. The lowest BCUT2D eigenvalue weighted by Crippen LogP contribution is -2.27. The van der Waals surface area contributed by atoms with Crippen molar-refractivity contribution in [2.45, 2.75) is 26.7 Å². The molecular formula is C12H22N2O3. The Morgan fingerprint density at radius 3 is 2.53 bits per heavy atom. The Bertz CT molecular complexity index is 275. The molecule has 0 aromatic carbocycles. The minimum absolute atomic E-state index is 0.0349. The highest BCUT2D eigenvalue weighted by atomic mass is 16.5. The molecule has 0 aromatic heterocycles. The monoisotopic (exact) mass is 242 g/mol. The van der Waals surface area contributed by atoms with Crippen LogP contribution >= 0.6 is 0 Å².